The van der Waals surface area contributed by atoms with Gasteiger partial charge in [0.1, 0.15) is 4.60 Å². The van der Waals surface area contributed by atoms with Gasteiger partial charge in [-0.2, -0.15) is 0 Å². The molecule has 1 aromatic rings. The fourth-order valence-electron chi connectivity index (χ4n) is 2.12. The van der Waals surface area contributed by atoms with Gasteiger partial charge < -0.3 is 4.90 Å². The lowest BCUT2D eigenvalue weighted by molar-refractivity contribution is -0.128. The highest BCUT2D eigenvalue weighted by atomic mass is 79.9. The molecular weight excluding hydrogens is 356 g/mol. The van der Waals surface area contributed by atoms with Gasteiger partial charge in [-0.05, 0) is 27.6 Å². The monoisotopic (exact) mass is 366 g/mol. The number of halogens is 2. The Kier molecular flexibility index (Phi) is 4.47. The SMILES string of the molecule is O=C1CC(CS(=O)(=O)Cl)CN1Cc1ccc(Br)nc1. The zero-order valence-corrected chi connectivity index (χ0v) is 13.1. The average Bonchev–Trinajstić information content (AvgIpc) is 2.60. The van der Waals surface area contributed by atoms with E-state index in [0.29, 0.717) is 13.1 Å². The topological polar surface area (TPSA) is 67.3 Å². The highest BCUT2D eigenvalue weighted by Gasteiger charge is 2.32. The minimum atomic E-state index is -3.56. The van der Waals surface area contributed by atoms with E-state index in [1.165, 1.54) is 0 Å². The van der Waals surface area contributed by atoms with Gasteiger partial charge in [-0.3, -0.25) is 4.79 Å². The Labute approximate surface area is 124 Å². The molecule has 2 heterocycles. The molecule has 5 nitrogen and oxygen atoms in total. The first-order valence-electron chi connectivity index (χ1n) is 5.64. The van der Waals surface area contributed by atoms with Crippen LogP contribution in [0.5, 0.6) is 0 Å². The van der Waals surface area contributed by atoms with Crippen molar-refractivity contribution in [2.24, 2.45) is 5.92 Å². The molecule has 0 aliphatic carbocycles. The molecule has 0 radical (unpaired) electrons. The molecule has 1 aliphatic rings. The first kappa shape index (κ1) is 14.7. The molecular formula is C11H12BrClN2O3S. The van der Waals surface area contributed by atoms with Crippen LogP contribution in [0.1, 0.15) is 12.0 Å². The van der Waals surface area contributed by atoms with Crippen LogP contribution in [0.2, 0.25) is 0 Å². The van der Waals surface area contributed by atoms with Crippen LogP contribution >= 0.6 is 26.6 Å². The van der Waals surface area contributed by atoms with Gasteiger partial charge >= 0.3 is 0 Å². The summed E-state index contributed by atoms with van der Waals surface area (Å²) < 4.78 is 22.8. The van der Waals surface area contributed by atoms with E-state index in [0.717, 1.165) is 10.2 Å². The Morgan fingerprint density at radius 3 is 2.79 bits per heavy atom. The number of amides is 1. The van der Waals surface area contributed by atoms with Crippen LogP contribution in [0.25, 0.3) is 0 Å². The lowest BCUT2D eigenvalue weighted by atomic mass is 10.1. The van der Waals surface area contributed by atoms with Gasteiger partial charge in [-0.1, -0.05) is 6.07 Å². The van der Waals surface area contributed by atoms with Gasteiger partial charge in [0.2, 0.25) is 15.0 Å². The number of pyridine rings is 1. The summed E-state index contributed by atoms with van der Waals surface area (Å²) >= 11 is 3.24. The predicted molar refractivity (Wildman–Crippen MR) is 75.1 cm³/mol. The standard InChI is InChI=1S/C11H12BrClN2O3S/c12-10-2-1-8(4-14-10)5-15-6-9(3-11(15)16)7-19(13,17)18/h1-2,4,9H,3,5-7H2. The number of carbonyl (C=O) groups excluding carboxylic acids is 1. The summed E-state index contributed by atoms with van der Waals surface area (Å²) in [6.07, 6.45) is 1.92. The summed E-state index contributed by atoms with van der Waals surface area (Å²) in [5.74, 6) is -0.429. The molecule has 0 aromatic carbocycles. The predicted octanol–water partition coefficient (Wildman–Crippen LogP) is 1.76. The van der Waals surface area contributed by atoms with Crippen molar-refractivity contribution in [3.8, 4) is 0 Å². The Balaban J connectivity index is 1.98. The van der Waals surface area contributed by atoms with E-state index >= 15 is 0 Å². The van der Waals surface area contributed by atoms with Crippen molar-refractivity contribution in [3.05, 3.63) is 28.5 Å². The number of carbonyl (C=O) groups is 1. The first-order chi connectivity index (χ1) is 8.83. The molecule has 0 bridgehead atoms. The summed E-state index contributed by atoms with van der Waals surface area (Å²) in [5, 5.41) is 0. The third-order valence-electron chi connectivity index (χ3n) is 2.89. The maximum Gasteiger partial charge on any atom is 0.232 e. The van der Waals surface area contributed by atoms with E-state index in [4.69, 9.17) is 10.7 Å². The van der Waals surface area contributed by atoms with Crippen molar-refractivity contribution in [1.29, 1.82) is 0 Å². The van der Waals surface area contributed by atoms with Gasteiger partial charge in [0.25, 0.3) is 0 Å². The number of rotatable bonds is 4. The van der Waals surface area contributed by atoms with Crippen molar-refractivity contribution in [2.45, 2.75) is 13.0 Å². The van der Waals surface area contributed by atoms with Crippen LogP contribution in [0.3, 0.4) is 0 Å². The molecule has 0 N–H and O–H groups in total. The van der Waals surface area contributed by atoms with E-state index in [1.807, 2.05) is 6.07 Å². The number of aromatic nitrogens is 1. The number of hydrogen-bond donors (Lipinski definition) is 0. The summed E-state index contributed by atoms with van der Waals surface area (Å²) in [6, 6.07) is 3.67. The Morgan fingerprint density at radius 1 is 1.47 bits per heavy atom. The second kappa shape index (κ2) is 5.76. The zero-order valence-electron chi connectivity index (χ0n) is 9.92. The van der Waals surface area contributed by atoms with E-state index in [2.05, 4.69) is 20.9 Å². The van der Waals surface area contributed by atoms with Crippen molar-refractivity contribution in [1.82, 2.24) is 9.88 Å². The quantitative estimate of drug-likeness (QED) is 0.601. The van der Waals surface area contributed by atoms with Crippen LogP contribution in [-0.2, 0) is 20.4 Å². The smallest absolute Gasteiger partial charge is 0.232 e. The van der Waals surface area contributed by atoms with Crippen molar-refractivity contribution in [3.63, 3.8) is 0 Å². The highest BCUT2D eigenvalue weighted by molar-refractivity contribution is 9.10. The fourth-order valence-corrected chi connectivity index (χ4v) is 3.68. The minimum Gasteiger partial charge on any atom is -0.338 e. The normalized spacial score (nSPS) is 20.0. The van der Waals surface area contributed by atoms with Gasteiger partial charge in [-0.25, -0.2) is 13.4 Å². The van der Waals surface area contributed by atoms with Crippen LogP contribution in [-0.4, -0.2) is 36.5 Å². The van der Waals surface area contributed by atoms with E-state index in [-0.39, 0.29) is 24.0 Å². The van der Waals surface area contributed by atoms with E-state index < -0.39 is 9.05 Å². The van der Waals surface area contributed by atoms with Gasteiger partial charge in [0, 0.05) is 42.3 Å². The highest BCUT2D eigenvalue weighted by Crippen LogP contribution is 2.22. The third kappa shape index (κ3) is 4.43. The molecule has 1 aromatic heterocycles. The van der Waals surface area contributed by atoms with Crippen LogP contribution in [0, 0.1) is 5.92 Å². The second-order valence-electron chi connectivity index (χ2n) is 4.54. The van der Waals surface area contributed by atoms with Crippen molar-refractivity contribution < 1.29 is 13.2 Å². The average molecular weight is 368 g/mol. The van der Waals surface area contributed by atoms with Gasteiger partial charge in [0.05, 0.1) is 5.75 Å². The van der Waals surface area contributed by atoms with Crippen molar-refractivity contribution in [2.75, 3.05) is 12.3 Å². The summed E-state index contributed by atoms with van der Waals surface area (Å²) in [5.41, 5.74) is 0.908. The molecule has 1 amide bonds. The maximum atomic E-state index is 11.8. The van der Waals surface area contributed by atoms with E-state index in [1.54, 1.807) is 17.2 Å². The van der Waals surface area contributed by atoms with Crippen molar-refractivity contribution >= 4 is 41.6 Å². The van der Waals surface area contributed by atoms with Gasteiger partial charge in [0.15, 0.2) is 0 Å². The summed E-state index contributed by atoms with van der Waals surface area (Å²) in [7, 11) is 1.66. The lowest BCUT2D eigenvalue weighted by Gasteiger charge is -2.16. The number of nitrogens with zero attached hydrogens (tertiary/aromatic N) is 2. The Hall–Kier alpha value is -0.660. The Morgan fingerprint density at radius 2 is 2.21 bits per heavy atom. The lowest BCUT2D eigenvalue weighted by Crippen LogP contribution is -2.25. The number of likely N-dealkylation sites (tertiary alicyclic amines) is 1. The minimum absolute atomic E-state index is 0.0479. The zero-order chi connectivity index (χ0) is 14.0. The summed E-state index contributed by atoms with van der Waals surface area (Å²) in [4.78, 5) is 17.5. The largest absolute Gasteiger partial charge is 0.338 e. The first-order valence-corrected chi connectivity index (χ1v) is 8.91. The molecule has 1 fully saturated rings. The van der Waals surface area contributed by atoms with Crippen LogP contribution in [0.4, 0.5) is 0 Å². The molecule has 1 aliphatic heterocycles. The van der Waals surface area contributed by atoms with E-state index in [9.17, 15) is 13.2 Å². The van der Waals surface area contributed by atoms with Crippen LogP contribution in [0.15, 0.2) is 22.9 Å². The fraction of sp³-hybridized carbons (Fsp3) is 0.455. The molecule has 2 rings (SSSR count). The summed E-state index contributed by atoms with van der Waals surface area (Å²) in [6.45, 7) is 0.860. The van der Waals surface area contributed by atoms with Gasteiger partial charge in [-0.15, -0.1) is 0 Å². The molecule has 1 atom stereocenters. The molecule has 1 unspecified atom stereocenters. The second-order valence-corrected chi connectivity index (χ2v) is 8.17. The molecule has 19 heavy (non-hydrogen) atoms. The van der Waals surface area contributed by atoms with Crippen LogP contribution < -0.4 is 0 Å². The molecule has 8 heteroatoms. The number of hydrogen-bond acceptors (Lipinski definition) is 4. The molecule has 104 valence electrons. The third-order valence-corrected chi connectivity index (χ3v) is 4.61. The molecule has 0 saturated carbocycles. The molecule has 0 spiro atoms. The Bertz CT molecular complexity index is 576. The maximum absolute atomic E-state index is 11.8. The molecule has 1 saturated heterocycles.